The zero-order valence-electron chi connectivity index (χ0n) is 14.3. The van der Waals surface area contributed by atoms with E-state index in [1.807, 2.05) is 18.2 Å². The summed E-state index contributed by atoms with van der Waals surface area (Å²) >= 11 is 1.08. The molecule has 2 aromatic carbocycles. The highest BCUT2D eigenvalue weighted by molar-refractivity contribution is 8.14. The summed E-state index contributed by atoms with van der Waals surface area (Å²) in [5.74, 6) is -1.46. The van der Waals surface area contributed by atoms with Gasteiger partial charge < -0.3 is 5.11 Å². The molecule has 0 aromatic heterocycles. The molecule has 0 fully saturated rings. The van der Waals surface area contributed by atoms with E-state index >= 15 is 0 Å². The lowest BCUT2D eigenvalue weighted by molar-refractivity contribution is -0.140. The molecule has 1 aliphatic heterocycles. The number of carbonyl (C=O) groups excluding carboxylic acids is 2. The maximum Gasteiger partial charge on any atom is 0.327 e. The van der Waals surface area contributed by atoms with Crippen LogP contribution in [0.15, 0.2) is 54.6 Å². The molecule has 134 valence electrons. The SMILES string of the molecule is C[C@H](CSC(=O)c1ccccc1)C(=O)N1c2ccccc2C[C@H]1C(=O)O. The predicted molar refractivity (Wildman–Crippen MR) is 101 cm³/mol. The summed E-state index contributed by atoms with van der Waals surface area (Å²) in [4.78, 5) is 38.1. The van der Waals surface area contributed by atoms with Crippen LogP contribution >= 0.6 is 11.8 Å². The van der Waals surface area contributed by atoms with Gasteiger partial charge in [-0.1, -0.05) is 67.2 Å². The van der Waals surface area contributed by atoms with E-state index in [0.717, 1.165) is 17.3 Å². The van der Waals surface area contributed by atoms with Gasteiger partial charge in [-0.2, -0.15) is 0 Å². The Bertz CT molecular complexity index is 837. The van der Waals surface area contributed by atoms with Crippen molar-refractivity contribution in [3.05, 3.63) is 65.7 Å². The number of nitrogens with zero attached hydrogens (tertiary/aromatic N) is 1. The lowest BCUT2D eigenvalue weighted by Crippen LogP contribution is -2.45. The van der Waals surface area contributed by atoms with Crippen molar-refractivity contribution in [2.75, 3.05) is 10.7 Å². The predicted octanol–water partition coefficient (Wildman–Crippen LogP) is 3.24. The molecule has 0 saturated carbocycles. The van der Waals surface area contributed by atoms with Crippen molar-refractivity contribution in [2.45, 2.75) is 19.4 Å². The van der Waals surface area contributed by atoms with E-state index in [9.17, 15) is 19.5 Å². The van der Waals surface area contributed by atoms with Crippen LogP contribution in [0.1, 0.15) is 22.8 Å². The smallest absolute Gasteiger partial charge is 0.327 e. The minimum absolute atomic E-state index is 0.0955. The number of anilines is 1. The van der Waals surface area contributed by atoms with E-state index in [2.05, 4.69) is 0 Å². The third-order valence-electron chi connectivity index (χ3n) is 4.39. The van der Waals surface area contributed by atoms with E-state index in [4.69, 9.17) is 0 Å². The van der Waals surface area contributed by atoms with Crippen molar-refractivity contribution >= 4 is 34.4 Å². The summed E-state index contributed by atoms with van der Waals surface area (Å²) in [6, 6.07) is 15.2. The number of para-hydroxylation sites is 1. The molecule has 0 aliphatic carbocycles. The van der Waals surface area contributed by atoms with Crippen LogP contribution in [-0.4, -0.2) is 33.9 Å². The number of amides is 1. The molecule has 0 spiro atoms. The molecule has 1 N–H and O–H groups in total. The van der Waals surface area contributed by atoms with Crippen LogP contribution in [0.2, 0.25) is 0 Å². The second-order valence-electron chi connectivity index (χ2n) is 6.26. The van der Waals surface area contributed by atoms with Crippen molar-refractivity contribution in [3.8, 4) is 0 Å². The Morgan fingerprint density at radius 1 is 1.12 bits per heavy atom. The van der Waals surface area contributed by atoms with Gasteiger partial charge in [0.25, 0.3) is 0 Å². The number of rotatable bonds is 5. The molecule has 6 heteroatoms. The number of fused-ring (bicyclic) bond motifs is 1. The van der Waals surface area contributed by atoms with Crippen molar-refractivity contribution < 1.29 is 19.5 Å². The van der Waals surface area contributed by atoms with Gasteiger partial charge in [0.1, 0.15) is 6.04 Å². The number of hydrogen-bond acceptors (Lipinski definition) is 4. The molecular weight excluding hydrogens is 350 g/mol. The number of benzene rings is 2. The van der Waals surface area contributed by atoms with E-state index < -0.39 is 17.9 Å². The molecule has 3 rings (SSSR count). The Morgan fingerprint density at radius 3 is 2.46 bits per heavy atom. The van der Waals surface area contributed by atoms with Gasteiger partial charge in [0.15, 0.2) is 0 Å². The van der Waals surface area contributed by atoms with E-state index in [1.165, 1.54) is 4.90 Å². The minimum Gasteiger partial charge on any atom is -0.480 e. The van der Waals surface area contributed by atoms with Crippen LogP contribution in [0.25, 0.3) is 0 Å². The number of carboxylic acid groups (broad SMARTS) is 1. The van der Waals surface area contributed by atoms with Gasteiger partial charge in [-0.25, -0.2) is 4.79 Å². The molecule has 0 saturated heterocycles. The van der Waals surface area contributed by atoms with Gasteiger partial charge >= 0.3 is 5.97 Å². The average Bonchev–Trinajstić information content (AvgIpc) is 3.05. The van der Waals surface area contributed by atoms with E-state index in [0.29, 0.717) is 23.4 Å². The number of carboxylic acids is 1. The summed E-state index contributed by atoms with van der Waals surface area (Å²) in [6.07, 6.45) is 0.306. The molecule has 2 atom stereocenters. The fourth-order valence-corrected chi connectivity index (χ4v) is 3.87. The number of hydrogen-bond donors (Lipinski definition) is 1. The highest BCUT2D eigenvalue weighted by Gasteiger charge is 2.39. The first kappa shape index (κ1) is 18.2. The van der Waals surface area contributed by atoms with E-state index in [-0.39, 0.29) is 11.0 Å². The minimum atomic E-state index is -1.02. The second-order valence-corrected chi connectivity index (χ2v) is 7.25. The molecule has 2 aromatic rings. The average molecular weight is 369 g/mol. The summed E-state index contributed by atoms with van der Waals surface area (Å²) in [6.45, 7) is 1.73. The molecule has 26 heavy (non-hydrogen) atoms. The van der Waals surface area contributed by atoms with Crippen LogP contribution in [0, 0.1) is 5.92 Å². The van der Waals surface area contributed by atoms with Crippen molar-refractivity contribution in [1.82, 2.24) is 0 Å². The van der Waals surface area contributed by atoms with Gasteiger partial charge in [-0.05, 0) is 11.6 Å². The van der Waals surface area contributed by atoms with Crippen molar-refractivity contribution in [1.29, 1.82) is 0 Å². The molecule has 1 amide bonds. The van der Waals surface area contributed by atoms with Crippen LogP contribution in [0.4, 0.5) is 5.69 Å². The highest BCUT2D eigenvalue weighted by atomic mass is 32.2. The zero-order valence-corrected chi connectivity index (χ0v) is 15.1. The van der Waals surface area contributed by atoms with Crippen LogP contribution in [0.3, 0.4) is 0 Å². The number of carbonyl (C=O) groups is 3. The summed E-state index contributed by atoms with van der Waals surface area (Å²) in [5.41, 5.74) is 2.09. The Morgan fingerprint density at radius 2 is 1.77 bits per heavy atom. The summed E-state index contributed by atoms with van der Waals surface area (Å²) in [5, 5.41) is 9.40. The molecule has 0 bridgehead atoms. The van der Waals surface area contributed by atoms with E-state index in [1.54, 1.807) is 43.3 Å². The fraction of sp³-hybridized carbons (Fsp3) is 0.250. The molecule has 1 aliphatic rings. The largest absolute Gasteiger partial charge is 0.480 e. The normalized spacial score (nSPS) is 16.8. The monoisotopic (exact) mass is 369 g/mol. The van der Waals surface area contributed by atoms with Crippen LogP contribution in [-0.2, 0) is 16.0 Å². The molecule has 1 heterocycles. The lowest BCUT2D eigenvalue weighted by Gasteiger charge is -2.25. The first-order valence-corrected chi connectivity index (χ1v) is 9.33. The van der Waals surface area contributed by atoms with Gasteiger partial charge in [-0.3, -0.25) is 14.5 Å². The van der Waals surface area contributed by atoms with Crippen LogP contribution in [0.5, 0.6) is 0 Å². The quantitative estimate of drug-likeness (QED) is 0.876. The molecule has 0 unspecified atom stereocenters. The molecule has 5 nitrogen and oxygen atoms in total. The van der Waals surface area contributed by atoms with Crippen molar-refractivity contribution in [3.63, 3.8) is 0 Å². The van der Waals surface area contributed by atoms with Crippen molar-refractivity contribution in [2.24, 2.45) is 5.92 Å². The van der Waals surface area contributed by atoms with Gasteiger partial charge in [0.2, 0.25) is 11.0 Å². The fourth-order valence-electron chi connectivity index (χ4n) is 3.02. The lowest BCUT2D eigenvalue weighted by atomic mass is 10.1. The topological polar surface area (TPSA) is 74.7 Å². The maximum atomic E-state index is 12.9. The maximum absolute atomic E-state index is 12.9. The molecular formula is C20H19NO4S. The number of thioether (sulfide) groups is 1. The Labute approximate surface area is 156 Å². The Hall–Kier alpha value is -2.60. The third-order valence-corrected chi connectivity index (χ3v) is 5.56. The Kier molecular flexibility index (Phi) is 5.42. The third kappa shape index (κ3) is 3.65. The first-order chi connectivity index (χ1) is 12.5. The number of aliphatic carboxylic acids is 1. The van der Waals surface area contributed by atoms with Gasteiger partial charge in [0, 0.05) is 29.3 Å². The summed E-state index contributed by atoms with van der Waals surface area (Å²) < 4.78 is 0. The highest BCUT2D eigenvalue weighted by Crippen LogP contribution is 2.33. The molecule has 0 radical (unpaired) electrons. The Balaban J connectivity index is 1.71. The summed E-state index contributed by atoms with van der Waals surface area (Å²) in [7, 11) is 0. The second kappa shape index (κ2) is 7.74. The first-order valence-electron chi connectivity index (χ1n) is 8.35. The van der Waals surface area contributed by atoms with Gasteiger partial charge in [0.05, 0.1) is 0 Å². The standard InChI is InChI=1S/C20H19NO4S/c1-13(12-26-20(25)14-7-3-2-4-8-14)18(22)21-16-10-6-5-9-15(16)11-17(21)19(23)24/h2-10,13,17H,11-12H2,1H3,(H,23,24)/t13-,17+/m1/s1. The van der Waals surface area contributed by atoms with Crippen LogP contribution < -0.4 is 4.90 Å². The zero-order chi connectivity index (χ0) is 18.7. The van der Waals surface area contributed by atoms with Gasteiger partial charge in [-0.15, -0.1) is 0 Å².